The molecule has 3 aliphatic rings. The highest BCUT2D eigenvalue weighted by Gasteiger charge is 2.27. The highest BCUT2D eigenvalue weighted by molar-refractivity contribution is 7.91. The maximum Gasteiger partial charge on any atom is 0.191 e. The highest BCUT2D eigenvalue weighted by Crippen LogP contribution is 2.19. The van der Waals surface area contributed by atoms with Crippen LogP contribution in [0.2, 0.25) is 0 Å². The molecule has 0 aromatic carbocycles. The summed E-state index contributed by atoms with van der Waals surface area (Å²) in [5, 5.41) is 6.98. The first-order chi connectivity index (χ1) is 11.6. The Bertz CT molecular complexity index is 523. The van der Waals surface area contributed by atoms with E-state index in [9.17, 15) is 8.42 Å². The standard InChI is InChI=1S/C17H31N3O3S/c21-24(22)10-8-14(13-24)11-18-17(19-12-16-7-4-9-23-16)20-15-5-2-1-3-6-15/h14-16H,1-13H2,(H2,18,19,20). The van der Waals surface area contributed by atoms with E-state index in [-0.39, 0.29) is 12.0 Å². The molecular weight excluding hydrogens is 326 g/mol. The van der Waals surface area contributed by atoms with Crippen molar-refractivity contribution in [1.82, 2.24) is 10.6 Å². The number of hydrogen-bond donors (Lipinski definition) is 2. The van der Waals surface area contributed by atoms with Crippen molar-refractivity contribution < 1.29 is 13.2 Å². The first-order valence-corrected chi connectivity index (χ1v) is 11.3. The van der Waals surface area contributed by atoms with Crippen molar-refractivity contribution in [3.63, 3.8) is 0 Å². The Morgan fingerprint density at radius 3 is 2.58 bits per heavy atom. The maximum atomic E-state index is 11.6. The van der Waals surface area contributed by atoms with E-state index in [1.165, 1.54) is 32.1 Å². The van der Waals surface area contributed by atoms with Crippen molar-refractivity contribution in [2.75, 3.05) is 31.2 Å². The fourth-order valence-electron chi connectivity index (χ4n) is 3.85. The summed E-state index contributed by atoms with van der Waals surface area (Å²) in [7, 11) is -2.83. The molecule has 2 aliphatic heterocycles. The van der Waals surface area contributed by atoms with Crippen molar-refractivity contribution in [1.29, 1.82) is 0 Å². The number of hydrogen-bond acceptors (Lipinski definition) is 4. The quantitative estimate of drug-likeness (QED) is 0.575. The summed E-state index contributed by atoms with van der Waals surface area (Å²) >= 11 is 0. The lowest BCUT2D eigenvalue weighted by molar-refractivity contribution is 0.113. The summed E-state index contributed by atoms with van der Waals surface area (Å²) in [5.41, 5.74) is 0. The summed E-state index contributed by atoms with van der Waals surface area (Å²) < 4.78 is 28.9. The van der Waals surface area contributed by atoms with E-state index in [4.69, 9.17) is 9.73 Å². The third-order valence-corrected chi connectivity index (χ3v) is 7.14. The zero-order chi connectivity index (χ0) is 16.8. The maximum absolute atomic E-state index is 11.6. The zero-order valence-electron chi connectivity index (χ0n) is 14.5. The minimum Gasteiger partial charge on any atom is -0.376 e. The summed E-state index contributed by atoms with van der Waals surface area (Å²) in [4.78, 5) is 4.70. The first-order valence-electron chi connectivity index (χ1n) is 9.47. The van der Waals surface area contributed by atoms with Crippen LogP contribution in [0.15, 0.2) is 4.99 Å². The van der Waals surface area contributed by atoms with Gasteiger partial charge < -0.3 is 15.4 Å². The van der Waals surface area contributed by atoms with Crippen LogP contribution in [-0.2, 0) is 14.6 Å². The van der Waals surface area contributed by atoms with Crippen LogP contribution in [0, 0.1) is 5.92 Å². The Balaban J connectivity index is 1.53. The van der Waals surface area contributed by atoms with Gasteiger partial charge in [0.1, 0.15) is 0 Å². The third kappa shape index (κ3) is 5.62. The average molecular weight is 358 g/mol. The second-order valence-corrected chi connectivity index (χ2v) is 9.68. The van der Waals surface area contributed by atoms with Gasteiger partial charge in [-0.25, -0.2) is 8.42 Å². The molecule has 0 amide bonds. The summed E-state index contributed by atoms with van der Waals surface area (Å²) in [6.07, 6.45) is 9.52. The molecule has 138 valence electrons. The summed E-state index contributed by atoms with van der Waals surface area (Å²) in [6, 6.07) is 0.488. The number of nitrogens with one attached hydrogen (secondary N) is 2. The smallest absolute Gasteiger partial charge is 0.191 e. The van der Waals surface area contributed by atoms with Crippen molar-refractivity contribution in [2.24, 2.45) is 10.9 Å². The van der Waals surface area contributed by atoms with Gasteiger partial charge >= 0.3 is 0 Å². The number of rotatable bonds is 5. The van der Waals surface area contributed by atoms with E-state index in [1.54, 1.807) is 0 Å². The Labute approximate surface area is 145 Å². The molecule has 1 aliphatic carbocycles. The van der Waals surface area contributed by atoms with Gasteiger partial charge in [0, 0.05) is 25.7 Å². The van der Waals surface area contributed by atoms with Crippen molar-refractivity contribution >= 4 is 15.8 Å². The van der Waals surface area contributed by atoms with Crippen LogP contribution in [0.25, 0.3) is 0 Å². The molecule has 24 heavy (non-hydrogen) atoms. The van der Waals surface area contributed by atoms with Crippen LogP contribution in [0.3, 0.4) is 0 Å². The second kappa shape index (κ2) is 8.52. The molecule has 3 rings (SSSR count). The van der Waals surface area contributed by atoms with Crippen LogP contribution >= 0.6 is 0 Å². The van der Waals surface area contributed by atoms with Crippen molar-refractivity contribution in [3.8, 4) is 0 Å². The van der Waals surface area contributed by atoms with Gasteiger partial charge in [0.2, 0.25) is 0 Å². The van der Waals surface area contributed by atoms with E-state index in [0.717, 1.165) is 38.4 Å². The van der Waals surface area contributed by atoms with E-state index >= 15 is 0 Å². The van der Waals surface area contributed by atoms with E-state index in [2.05, 4.69) is 10.6 Å². The molecule has 0 spiro atoms. The normalized spacial score (nSPS) is 31.2. The lowest BCUT2D eigenvalue weighted by Crippen LogP contribution is -2.46. The Hall–Kier alpha value is -0.820. The minimum absolute atomic E-state index is 0.169. The van der Waals surface area contributed by atoms with Gasteiger partial charge in [0.15, 0.2) is 15.8 Å². The fourth-order valence-corrected chi connectivity index (χ4v) is 5.69. The molecule has 0 bridgehead atoms. The molecule has 2 heterocycles. The number of aliphatic imine (C=N–C) groups is 1. The van der Waals surface area contributed by atoms with Crippen LogP contribution in [0.1, 0.15) is 51.4 Å². The van der Waals surface area contributed by atoms with Gasteiger partial charge in [-0.05, 0) is 38.0 Å². The SMILES string of the molecule is O=S1(=O)CCC(CN=C(NCC2CCCO2)NC2CCCCC2)C1. The molecule has 0 radical (unpaired) electrons. The van der Waals surface area contributed by atoms with Gasteiger partial charge in [-0.15, -0.1) is 0 Å². The van der Waals surface area contributed by atoms with E-state index in [0.29, 0.717) is 24.1 Å². The average Bonchev–Trinajstić information content (AvgIpc) is 3.20. The van der Waals surface area contributed by atoms with E-state index in [1.807, 2.05) is 0 Å². The van der Waals surface area contributed by atoms with Crippen molar-refractivity contribution in [3.05, 3.63) is 0 Å². The molecular formula is C17H31N3O3S. The van der Waals surface area contributed by atoms with E-state index < -0.39 is 9.84 Å². The molecule has 2 N–H and O–H groups in total. The van der Waals surface area contributed by atoms with Crippen LogP contribution in [-0.4, -0.2) is 57.7 Å². The van der Waals surface area contributed by atoms with Gasteiger partial charge in [-0.2, -0.15) is 0 Å². The molecule has 0 aromatic heterocycles. The zero-order valence-corrected chi connectivity index (χ0v) is 15.3. The molecule has 1 saturated carbocycles. The van der Waals surface area contributed by atoms with Gasteiger partial charge in [0.25, 0.3) is 0 Å². The predicted molar refractivity (Wildman–Crippen MR) is 96.0 cm³/mol. The summed E-state index contributed by atoms with van der Waals surface area (Å²) in [5.74, 6) is 1.62. The topological polar surface area (TPSA) is 79.8 Å². The van der Waals surface area contributed by atoms with Crippen LogP contribution < -0.4 is 10.6 Å². The molecule has 0 aromatic rings. The molecule has 2 unspecified atom stereocenters. The molecule has 7 heteroatoms. The van der Waals surface area contributed by atoms with Gasteiger partial charge in [-0.3, -0.25) is 4.99 Å². The van der Waals surface area contributed by atoms with Gasteiger partial charge in [0.05, 0.1) is 17.6 Å². The lowest BCUT2D eigenvalue weighted by Gasteiger charge is -2.26. The molecule has 2 atom stereocenters. The van der Waals surface area contributed by atoms with Crippen LogP contribution in [0.4, 0.5) is 0 Å². The number of nitrogens with zero attached hydrogens (tertiary/aromatic N) is 1. The predicted octanol–water partition coefficient (Wildman–Crippen LogP) is 1.47. The molecule has 6 nitrogen and oxygen atoms in total. The first kappa shape index (κ1) is 18.0. The fraction of sp³-hybridized carbons (Fsp3) is 0.941. The number of sulfone groups is 1. The largest absolute Gasteiger partial charge is 0.376 e. The van der Waals surface area contributed by atoms with Gasteiger partial charge in [-0.1, -0.05) is 19.3 Å². The monoisotopic (exact) mass is 357 g/mol. The van der Waals surface area contributed by atoms with Crippen LogP contribution in [0.5, 0.6) is 0 Å². The Morgan fingerprint density at radius 2 is 1.92 bits per heavy atom. The Kier molecular flexibility index (Phi) is 6.38. The Morgan fingerprint density at radius 1 is 1.08 bits per heavy atom. The number of ether oxygens (including phenoxy) is 1. The molecule has 3 fully saturated rings. The van der Waals surface area contributed by atoms with Crippen molar-refractivity contribution in [2.45, 2.75) is 63.5 Å². The lowest BCUT2D eigenvalue weighted by atomic mass is 9.96. The number of guanidine groups is 1. The molecule has 2 saturated heterocycles. The summed E-state index contributed by atoms with van der Waals surface area (Å²) in [6.45, 7) is 2.23. The third-order valence-electron chi connectivity index (χ3n) is 5.30. The highest BCUT2D eigenvalue weighted by atomic mass is 32.2. The second-order valence-electron chi connectivity index (χ2n) is 7.45. The minimum atomic E-state index is -2.83.